The van der Waals surface area contributed by atoms with Gasteiger partial charge in [0.2, 0.25) is 0 Å². The van der Waals surface area contributed by atoms with Gasteiger partial charge in [-0.15, -0.1) is 0 Å². The molecule has 0 amide bonds. The summed E-state index contributed by atoms with van der Waals surface area (Å²) in [5, 5.41) is 0. The number of fused-ring (bicyclic) bond motifs is 1. The summed E-state index contributed by atoms with van der Waals surface area (Å²) >= 11 is 0. The normalized spacial score (nSPS) is 26.2. The van der Waals surface area contributed by atoms with Gasteiger partial charge in [-0.3, -0.25) is 4.90 Å². The molecule has 1 saturated heterocycles. The quantitative estimate of drug-likeness (QED) is 0.718. The Kier molecular flexibility index (Phi) is 5.56. The summed E-state index contributed by atoms with van der Waals surface area (Å²) in [5.74, 6) is 2.39. The van der Waals surface area contributed by atoms with Gasteiger partial charge in [0.05, 0.1) is 0 Å². The van der Waals surface area contributed by atoms with Crippen LogP contribution in [0.1, 0.15) is 37.8 Å². The molecule has 0 spiro atoms. The minimum atomic E-state index is 0.706. The maximum Gasteiger partial charge on any atom is 0.0494 e. The summed E-state index contributed by atoms with van der Waals surface area (Å²) in [7, 11) is 0. The van der Waals surface area contributed by atoms with Crippen LogP contribution in [0.5, 0.6) is 0 Å². The van der Waals surface area contributed by atoms with E-state index < -0.39 is 0 Å². The maximum atomic E-state index is 5.91. The minimum Gasteiger partial charge on any atom is -0.381 e. The van der Waals surface area contributed by atoms with Crippen molar-refractivity contribution >= 4 is 0 Å². The fourth-order valence-corrected chi connectivity index (χ4v) is 4.17. The number of hydrogen-bond acceptors (Lipinski definition) is 3. The summed E-state index contributed by atoms with van der Waals surface area (Å²) in [4.78, 5) is 2.69. The molecule has 4 heteroatoms. The molecule has 0 aromatic carbocycles. The summed E-state index contributed by atoms with van der Waals surface area (Å²) in [6, 6.07) is 4.50. The van der Waals surface area contributed by atoms with Gasteiger partial charge in [0.25, 0.3) is 0 Å². The van der Waals surface area contributed by atoms with Crippen molar-refractivity contribution in [1.29, 1.82) is 0 Å². The Bertz CT molecular complexity index is 505. The highest BCUT2D eigenvalue weighted by Gasteiger charge is 2.25. The van der Waals surface area contributed by atoms with Crippen molar-refractivity contribution in [3.05, 3.63) is 24.0 Å². The van der Waals surface area contributed by atoms with E-state index in [2.05, 4.69) is 27.8 Å². The lowest BCUT2D eigenvalue weighted by molar-refractivity contribution is 0.0475. The van der Waals surface area contributed by atoms with Crippen molar-refractivity contribution < 1.29 is 9.47 Å². The fraction of sp³-hybridized carbons (Fsp3) is 0.800. The number of aromatic nitrogens is 1. The van der Waals surface area contributed by atoms with Crippen LogP contribution in [-0.2, 0) is 22.6 Å². The third-order valence-corrected chi connectivity index (χ3v) is 5.86. The van der Waals surface area contributed by atoms with Gasteiger partial charge in [-0.2, -0.15) is 0 Å². The van der Waals surface area contributed by atoms with Crippen LogP contribution in [0, 0.1) is 17.8 Å². The van der Waals surface area contributed by atoms with E-state index in [1.165, 1.54) is 50.9 Å². The molecule has 0 radical (unpaired) electrons. The van der Waals surface area contributed by atoms with Gasteiger partial charge in [-0.05, 0) is 62.0 Å². The average molecular weight is 332 g/mol. The second-order valence-corrected chi connectivity index (χ2v) is 8.07. The number of hydrogen-bond donors (Lipinski definition) is 0. The average Bonchev–Trinajstić information content (AvgIpc) is 3.35. The second-order valence-electron chi connectivity index (χ2n) is 8.07. The van der Waals surface area contributed by atoms with Crippen molar-refractivity contribution in [2.45, 2.75) is 45.2 Å². The zero-order valence-corrected chi connectivity index (χ0v) is 14.9. The Morgan fingerprint density at radius 1 is 1.04 bits per heavy atom. The molecule has 2 fully saturated rings. The minimum absolute atomic E-state index is 0.706. The molecule has 2 aliphatic heterocycles. The van der Waals surface area contributed by atoms with Crippen LogP contribution >= 0.6 is 0 Å². The highest BCUT2D eigenvalue weighted by atomic mass is 16.5. The standard InChI is InChI=1S/C20H32N2O2/c1-2-20-15-21(12-17-5-9-23-10-6-17)13-19(14-22(20)8-1)7-11-24-16-18-3-4-18/h1-2,8,17-19H,3-7,9-16H2. The van der Waals surface area contributed by atoms with Crippen LogP contribution in [0.3, 0.4) is 0 Å². The van der Waals surface area contributed by atoms with Crippen LogP contribution in [0.4, 0.5) is 0 Å². The molecule has 3 heterocycles. The molecule has 0 bridgehead atoms. The van der Waals surface area contributed by atoms with Crippen LogP contribution in [-0.4, -0.2) is 49.0 Å². The molecule has 1 aromatic rings. The van der Waals surface area contributed by atoms with E-state index in [0.29, 0.717) is 5.92 Å². The third-order valence-electron chi connectivity index (χ3n) is 5.86. The fourth-order valence-electron chi connectivity index (χ4n) is 4.17. The smallest absolute Gasteiger partial charge is 0.0494 e. The van der Waals surface area contributed by atoms with E-state index in [1.807, 2.05) is 0 Å². The largest absolute Gasteiger partial charge is 0.381 e. The summed E-state index contributed by atoms with van der Waals surface area (Å²) in [6.45, 7) is 8.53. The molecule has 1 aliphatic carbocycles. The van der Waals surface area contributed by atoms with Gasteiger partial charge in [0.15, 0.2) is 0 Å². The predicted octanol–water partition coefficient (Wildman–Crippen LogP) is 3.16. The molecule has 3 aliphatic rings. The molecule has 4 nitrogen and oxygen atoms in total. The molecular weight excluding hydrogens is 300 g/mol. The van der Waals surface area contributed by atoms with E-state index in [4.69, 9.17) is 9.47 Å². The summed E-state index contributed by atoms with van der Waals surface area (Å²) in [6.07, 6.45) is 8.67. The molecule has 0 N–H and O–H groups in total. The SMILES string of the molecule is c1cc2n(c1)CC(CCOCC1CC1)CN(CC1CCOCC1)C2. The van der Waals surface area contributed by atoms with E-state index in [0.717, 1.165) is 51.4 Å². The van der Waals surface area contributed by atoms with Crippen molar-refractivity contribution in [3.8, 4) is 0 Å². The molecule has 24 heavy (non-hydrogen) atoms. The zero-order chi connectivity index (χ0) is 16.2. The maximum absolute atomic E-state index is 5.91. The van der Waals surface area contributed by atoms with E-state index >= 15 is 0 Å². The number of rotatable bonds is 7. The lowest BCUT2D eigenvalue weighted by Crippen LogP contribution is -2.35. The lowest BCUT2D eigenvalue weighted by Gasteiger charge is -2.30. The first-order valence-electron chi connectivity index (χ1n) is 9.88. The Hall–Kier alpha value is -0.840. The predicted molar refractivity (Wildman–Crippen MR) is 94.9 cm³/mol. The van der Waals surface area contributed by atoms with Crippen LogP contribution in [0.15, 0.2) is 18.3 Å². The summed E-state index contributed by atoms with van der Waals surface area (Å²) < 4.78 is 13.9. The first kappa shape index (κ1) is 16.6. The first-order valence-corrected chi connectivity index (χ1v) is 9.88. The summed E-state index contributed by atoms with van der Waals surface area (Å²) in [5.41, 5.74) is 1.48. The first-order chi connectivity index (χ1) is 11.9. The van der Waals surface area contributed by atoms with Gasteiger partial charge >= 0.3 is 0 Å². The van der Waals surface area contributed by atoms with Crippen LogP contribution in [0.2, 0.25) is 0 Å². The Labute approximate surface area is 146 Å². The van der Waals surface area contributed by atoms with Crippen LogP contribution < -0.4 is 0 Å². The molecule has 1 atom stereocenters. The van der Waals surface area contributed by atoms with E-state index in [-0.39, 0.29) is 0 Å². The topological polar surface area (TPSA) is 26.6 Å². The van der Waals surface area contributed by atoms with Crippen LogP contribution in [0.25, 0.3) is 0 Å². The Balaban J connectivity index is 1.32. The molecular formula is C20H32N2O2. The van der Waals surface area contributed by atoms with Gasteiger partial charge < -0.3 is 14.0 Å². The zero-order valence-electron chi connectivity index (χ0n) is 14.9. The van der Waals surface area contributed by atoms with E-state index in [9.17, 15) is 0 Å². The van der Waals surface area contributed by atoms with Crippen molar-refractivity contribution in [2.24, 2.45) is 17.8 Å². The third kappa shape index (κ3) is 4.62. The molecule has 1 aromatic heterocycles. The van der Waals surface area contributed by atoms with Crippen molar-refractivity contribution in [2.75, 3.05) is 39.5 Å². The molecule has 4 rings (SSSR count). The van der Waals surface area contributed by atoms with Gasteiger partial charge in [0, 0.05) is 64.5 Å². The second kappa shape index (κ2) is 8.03. The van der Waals surface area contributed by atoms with Gasteiger partial charge in [-0.1, -0.05) is 0 Å². The lowest BCUT2D eigenvalue weighted by atomic mass is 9.98. The number of ether oxygens (including phenoxy) is 2. The van der Waals surface area contributed by atoms with Crippen molar-refractivity contribution in [3.63, 3.8) is 0 Å². The highest BCUT2D eigenvalue weighted by Crippen LogP contribution is 2.29. The van der Waals surface area contributed by atoms with Gasteiger partial charge in [0.1, 0.15) is 0 Å². The van der Waals surface area contributed by atoms with Gasteiger partial charge in [-0.25, -0.2) is 0 Å². The molecule has 1 unspecified atom stereocenters. The highest BCUT2D eigenvalue weighted by molar-refractivity contribution is 5.08. The van der Waals surface area contributed by atoms with Crippen molar-refractivity contribution in [1.82, 2.24) is 9.47 Å². The molecule has 1 saturated carbocycles. The monoisotopic (exact) mass is 332 g/mol. The number of nitrogens with zero attached hydrogens (tertiary/aromatic N) is 2. The van der Waals surface area contributed by atoms with E-state index in [1.54, 1.807) is 0 Å². The molecule has 134 valence electrons. The Morgan fingerprint density at radius 3 is 2.75 bits per heavy atom. The Morgan fingerprint density at radius 2 is 1.92 bits per heavy atom.